The Balaban J connectivity index is 0.00000135. The van der Waals surface area contributed by atoms with Crippen molar-refractivity contribution >= 4 is 22.4 Å². The third-order valence-electron chi connectivity index (χ3n) is 5.02. The van der Waals surface area contributed by atoms with Crippen LogP contribution in [-0.4, -0.2) is 26.9 Å². The van der Waals surface area contributed by atoms with Gasteiger partial charge in [0.25, 0.3) is 5.69 Å². The summed E-state index contributed by atoms with van der Waals surface area (Å²) < 4.78 is 6.73. The van der Waals surface area contributed by atoms with Gasteiger partial charge in [-0.3, -0.25) is 0 Å². The van der Waals surface area contributed by atoms with Crippen molar-refractivity contribution in [2.75, 3.05) is 7.05 Å². The maximum Gasteiger partial charge on any atom is 0.257 e. The summed E-state index contributed by atoms with van der Waals surface area (Å²) in [6.45, 7) is 2.20. The molecule has 0 amide bonds. The molecule has 0 bridgehead atoms. The van der Waals surface area contributed by atoms with Gasteiger partial charge in [0, 0.05) is 25.1 Å². The molecule has 117 valence electrons. The van der Waals surface area contributed by atoms with E-state index in [1.807, 2.05) is 6.07 Å². The topological polar surface area (TPSA) is 24.7 Å². The number of imidazole rings is 1. The molecule has 2 aliphatic heterocycles. The molecule has 2 aromatic heterocycles. The second-order valence-corrected chi connectivity index (χ2v) is 6.32. The smallest absolute Gasteiger partial charge is 0.257 e. The molecule has 4 heterocycles. The Morgan fingerprint density at radius 2 is 1.96 bits per heavy atom. The van der Waals surface area contributed by atoms with E-state index in [4.69, 9.17) is 4.98 Å². The summed E-state index contributed by atoms with van der Waals surface area (Å²) in [4.78, 5) is 4.89. The van der Waals surface area contributed by atoms with Crippen molar-refractivity contribution in [3.05, 3.63) is 47.4 Å². The standard InChI is InChI=1S/C18H17N4.Bk/c1-11-9-12-6-7-14-17(16(12)21(11)3)22-15(19-14)10-13-5-4-8-20(2)18(13)22;/h4-7H,9-10H2,1-3H3;/q+1;. The molecule has 0 unspecified atom stereocenters. The van der Waals surface area contributed by atoms with Crippen LogP contribution in [0.1, 0.15) is 23.9 Å². The summed E-state index contributed by atoms with van der Waals surface area (Å²) in [5, 5.41) is 0. The van der Waals surface area contributed by atoms with Crippen molar-refractivity contribution in [2.24, 2.45) is 7.05 Å². The first-order valence-electron chi connectivity index (χ1n) is 7.64. The van der Waals surface area contributed by atoms with Gasteiger partial charge < -0.3 is 4.57 Å². The molecule has 3 aromatic rings. The number of aromatic nitrogens is 3. The van der Waals surface area contributed by atoms with Crippen molar-refractivity contribution in [3.8, 4) is 5.82 Å². The first-order chi connectivity index (χ1) is 10.6. The van der Waals surface area contributed by atoms with Gasteiger partial charge in [0.1, 0.15) is 12.6 Å². The fourth-order valence-corrected chi connectivity index (χ4v) is 3.89. The first-order valence-corrected chi connectivity index (χ1v) is 7.64. The number of benzene rings is 1. The van der Waals surface area contributed by atoms with Gasteiger partial charge >= 0.3 is 0 Å². The van der Waals surface area contributed by atoms with E-state index in [-0.39, 0.29) is 0 Å². The molecule has 0 saturated heterocycles. The number of aryl methyl sites for hydroxylation is 1. The minimum atomic E-state index is 0. The van der Waals surface area contributed by atoms with Gasteiger partial charge in [-0.2, -0.15) is 10.6 Å². The maximum atomic E-state index is 4.89. The molecule has 0 aliphatic carbocycles. The Kier molecular flexibility index (Phi) is 2.31. The van der Waals surface area contributed by atoms with Crippen LogP contribution in [0.5, 0.6) is 0 Å². The fraction of sp³-hybridized carbons (Fsp3) is 0.278. The quantitative estimate of drug-likeness (QED) is 0.249. The van der Waals surface area contributed by atoms with E-state index in [9.17, 15) is 0 Å². The third kappa shape index (κ3) is 1.42. The van der Waals surface area contributed by atoms with Crippen molar-refractivity contribution in [3.63, 3.8) is 0 Å². The van der Waals surface area contributed by atoms with E-state index in [1.165, 1.54) is 33.9 Å². The number of nitrogens with zero attached hydrogens (tertiary/aromatic N) is 4. The van der Waals surface area contributed by atoms with Crippen LogP contribution in [0.15, 0.2) is 24.3 Å². The zero-order valence-electron chi connectivity index (χ0n) is 13.3. The minimum Gasteiger partial charge on any atom is -0.343 e. The van der Waals surface area contributed by atoms with Gasteiger partial charge in [-0.25, -0.2) is 9.55 Å². The first kappa shape index (κ1) is 13.2. The van der Waals surface area contributed by atoms with Crippen LogP contribution in [0.25, 0.3) is 16.9 Å². The zero-order chi connectivity index (χ0) is 15.0. The molecule has 1 radical (unpaired) electrons. The Labute approximate surface area is 129 Å². The Bertz CT molecular complexity index is 1010. The van der Waals surface area contributed by atoms with Crippen molar-refractivity contribution < 1.29 is 9.14 Å². The number of pyridine rings is 1. The van der Waals surface area contributed by atoms with Crippen LogP contribution in [0.4, 0.5) is 5.69 Å². The summed E-state index contributed by atoms with van der Waals surface area (Å²) in [6, 6.07) is 8.53. The normalized spacial score (nSPS) is 14.7. The monoisotopic (exact) mass is 536 g/mol. The fourth-order valence-electron chi connectivity index (χ4n) is 3.89. The van der Waals surface area contributed by atoms with Crippen LogP contribution in [0.2, 0.25) is 0 Å². The minimum absolute atomic E-state index is 0. The predicted molar refractivity (Wildman–Crippen MR) is 84.1 cm³/mol. The zero-order valence-corrected chi connectivity index (χ0v) is 16.1. The Morgan fingerprint density at radius 3 is 2.78 bits per heavy atom. The molecule has 0 atom stereocenters. The van der Waals surface area contributed by atoms with Crippen LogP contribution in [0.3, 0.4) is 0 Å². The number of hydrogen-bond acceptors (Lipinski definition) is 1. The Hall–Kier alpha value is -3.49. The molecule has 2 aliphatic rings. The maximum absolute atomic E-state index is 4.89. The van der Waals surface area contributed by atoms with E-state index in [0.717, 1.165) is 24.2 Å². The third-order valence-corrected chi connectivity index (χ3v) is 5.02. The van der Waals surface area contributed by atoms with Crippen LogP contribution < -0.4 is 4.57 Å². The SMILES string of the molecule is CC1=[N+](C)c2c(ccc3nc4n(c23)-c2c(cc[c-][n+]2C)C4)C1.[Bk]. The summed E-state index contributed by atoms with van der Waals surface area (Å²) in [7, 11) is 4.22. The molecule has 0 fully saturated rings. The number of hydrogen-bond donors (Lipinski definition) is 0. The van der Waals surface area contributed by atoms with Crippen LogP contribution >= 0.6 is 0 Å². The van der Waals surface area contributed by atoms with E-state index in [0.29, 0.717) is 0 Å². The van der Waals surface area contributed by atoms with Gasteiger partial charge in [0.15, 0.2) is 17.4 Å². The molecular weight excluding hydrogens is 519 g/mol. The van der Waals surface area contributed by atoms with Gasteiger partial charge in [0.05, 0.1) is 13.5 Å². The average molecular weight is 536 g/mol. The van der Waals surface area contributed by atoms with Crippen molar-refractivity contribution in [1.29, 1.82) is 0 Å². The van der Waals surface area contributed by atoms with Gasteiger partial charge in [0.2, 0.25) is 5.52 Å². The van der Waals surface area contributed by atoms with Gasteiger partial charge in [-0.15, -0.1) is 6.07 Å². The molecule has 0 N–H and O–H groups in total. The molecule has 5 rings (SSSR count). The van der Waals surface area contributed by atoms with Gasteiger partial charge in [-0.05, 0) is 12.1 Å². The summed E-state index contributed by atoms with van der Waals surface area (Å²) >= 11 is 0. The molecular formula is C18H17BkN4+. The number of fused-ring (bicyclic) bond motifs is 7. The van der Waals surface area contributed by atoms with E-state index in [1.54, 1.807) is 0 Å². The molecule has 0 spiro atoms. The molecule has 0 saturated carbocycles. The Morgan fingerprint density at radius 1 is 1.13 bits per heavy atom. The molecule has 23 heavy (non-hydrogen) atoms. The van der Waals surface area contributed by atoms with Crippen LogP contribution in [0, 0.1) is 6.20 Å². The predicted octanol–water partition coefficient (Wildman–Crippen LogP) is 1.85. The summed E-state index contributed by atoms with van der Waals surface area (Å²) in [5.74, 6) is 2.33. The molecule has 1 aromatic carbocycles. The summed E-state index contributed by atoms with van der Waals surface area (Å²) in [5.41, 5.74) is 7.74. The molecule has 4 nitrogen and oxygen atoms in total. The van der Waals surface area contributed by atoms with Crippen LogP contribution in [-0.2, 0) is 19.9 Å². The summed E-state index contributed by atoms with van der Waals surface area (Å²) in [6.07, 6.45) is 5.19. The van der Waals surface area contributed by atoms with E-state index in [2.05, 4.69) is 59.1 Å². The van der Waals surface area contributed by atoms with Crippen molar-refractivity contribution in [2.45, 2.75) is 19.8 Å². The molecule has 5 heteroatoms. The van der Waals surface area contributed by atoms with Gasteiger partial charge in [-0.1, -0.05) is 5.56 Å². The van der Waals surface area contributed by atoms with Crippen molar-refractivity contribution in [1.82, 2.24) is 9.55 Å². The van der Waals surface area contributed by atoms with E-state index >= 15 is 0 Å². The second-order valence-electron chi connectivity index (χ2n) is 6.32. The second kappa shape index (κ2) is 4.03. The largest absolute Gasteiger partial charge is 0.343 e. The average Bonchev–Trinajstić information content (AvgIpc) is 3.10. The number of rotatable bonds is 0. The van der Waals surface area contributed by atoms with E-state index < -0.39 is 0 Å².